The van der Waals surface area contributed by atoms with E-state index in [0.717, 1.165) is 10.8 Å². The Bertz CT molecular complexity index is 162. The van der Waals surface area contributed by atoms with Crippen molar-refractivity contribution < 1.29 is 3.50 Å². The molecule has 0 aromatic rings. The number of rotatable bonds is 1. The molecule has 1 aliphatic carbocycles. The summed E-state index contributed by atoms with van der Waals surface area (Å²) >= 11 is -2.96. The van der Waals surface area contributed by atoms with Crippen molar-refractivity contribution in [2.75, 3.05) is 0 Å². The van der Waals surface area contributed by atoms with Crippen molar-refractivity contribution in [1.82, 2.24) is 0 Å². The Balaban J connectivity index is 2.73. The molecule has 1 rings (SSSR count). The van der Waals surface area contributed by atoms with Crippen molar-refractivity contribution in [3.63, 3.8) is 0 Å². The zero-order valence-corrected chi connectivity index (χ0v) is 7.84. The maximum atomic E-state index is 13.1. The van der Waals surface area contributed by atoms with Crippen LogP contribution < -0.4 is 0 Å². The molecule has 2 heteroatoms. The van der Waals surface area contributed by atoms with Crippen molar-refractivity contribution in [2.45, 2.75) is 17.9 Å². The number of hydrogen-bond donors (Lipinski definition) is 0. The van der Waals surface area contributed by atoms with Crippen LogP contribution in [-0.4, -0.2) is 13.7 Å². The van der Waals surface area contributed by atoms with Crippen LogP contribution in [0.4, 0.5) is 3.50 Å². The van der Waals surface area contributed by atoms with Gasteiger partial charge in [0.2, 0.25) is 0 Å². The molecule has 0 saturated heterocycles. The summed E-state index contributed by atoms with van der Waals surface area (Å²) in [7, 11) is 0. The van der Waals surface area contributed by atoms with Crippen LogP contribution in [0.25, 0.3) is 0 Å². The number of hydrogen-bond acceptors (Lipinski definition) is 0. The molecule has 0 N–H and O–H groups in total. The molecule has 0 fully saturated rings. The summed E-state index contributed by atoms with van der Waals surface area (Å²) in [6, 6.07) is 0. The summed E-state index contributed by atoms with van der Waals surface area (Å²) in [4.78, 5) is 0. The third-order valence-corrected chi connectivity index (χ3v) is 4.74. The molecule has 0 amide bonds. The van der Waals surface area contributed by atoms with Crippen LogP contribution >= 0.6 is 0 Å². The molecular weight excluding hydrogens is 176 g/mol. The Morgan fingerprint density at radius 1 is 1.67 bits per heavy atom. The van der Waals surface area contributed by atoms with Gasteiger partial charge in [0.15, 0.2) is 0 Å². The predicted molar refractivity (Wildman–Crippen MR) is 39.1 cm³/mol. The molecule has 9 heavy (non-hydrogen) atoms. The number of allylic oxidation sites excluding steroid dienone is 4. The van der Waals surface area contributed by atoms with E-state index < -0.39 is 13.7 Å². The fourth-order valence-corrected chi connectivity index (χ4v) is 2.99. The van der Waals surface area contributed by atoms with Crippen LogP contribution in [0.15, 0.2) is 16.6 Å². The molecule has 1 radical (unpaired) electrons. The van der Waals surface area contributed by atoms with E-state index in [1.54, 1.807) is 11.5 Å². The first-order valence-electron chi connectivity index (χ1n) is 3.07. The Morgan fingerprint density at radius 2 is 2.33 bits per heavy atom. The van der Waals surface area contributed by atoms with Gasteiger partial charge in [0, 0.05) is 0 Å². The summed E-state index contributed by atoms with van der Waals surface area (Å²) < 4.78 is 14.0. The van der Waals surface area contributed by atoms with Crippen molar-refractivity contribution in [1.29, 1.82) is 0 Å². The van der Waals surface area contributed by atoms with Gasteiger partial charge in [-0.3, -0.25) is 0 Å². The first-order valence-corrected chi connectivity index (χ1v) is 9.11. The van der Waals surface area contributed by atoms with Gasteiger partial charge in [0.05, 0.1) is 0 Å². The van der Waals surface area contributed by atoms with E-state index in [2.05, 4.69) is 6.08 Å². The molecule has 0 nitrogen and oxygen atoms in total. The van der Waals surface area contributed by atoms with Crippen LogP contribution in [0, 0.1) is 6.08 Å². The molecule has 0 unspecified atom stereocenters. The summed E-state index contributed by atoms with van der Waals surface area (Å²) in [5.74, 6) is 3.47. The van der Waals surface area contributed by atoms with E-state index in [9.17, 15) is 3.50 Å². The van der Waals surface area contributed by atoms with E-state index in [4.69, 9.17) is 0 Å². The fraction of sp³-hybridized carbons (Fsp3) is 0.429. The van der Waals surface area contributed by atoms with Gasteiger partial charge in [0.25, 0.3) is 0 Å². The van der Waals surface area contributed by atoms with Crippen molar-refractivity contribution in [3.05, 3.63) is 22.6 Å². The maximum absolute atomic E-state index is 13.1. The van der Waals surface area contributed by atoms with Gasteiger partial charge in [-0.15, -0.1) is 0 Å². The number of halogens is 1. The van der Waals surface area contributed by atoms with Gasteiger partial charge in [-0.05, 0) is 0 Å². The Hall–Kier alpha value is -0.0471. The standard InChI is InChI=1S/C7H10FGe/c1-9(2,8)7-5-3-4-6-7/h3,5H,4H2,1-2H3. The van der Waals surface area contributed by atoms with Crippen LogP contribution in [0.5, 0.6) is 0 Å². The summed E-state index contributed by atoms with van der Waals surface area (Å²) in [6.07, 6.45) is 7.66. The summed E-state index contributed by atoms with van der Waals surface area (Å²) in [5, 5.41) is 0. The molecule has 1 aliphatic rings. The zero-order chi connectivity index (χ0) is 6.91. The summed E-state index contributed by atoms with van der Waals surface area (Å²) in [5.41, 5.74) is 0. The van der Waals surface area contributed by atoms with Gasteiger partial charge in [0.1, 0.15) is 0 Å². The van der Waals surface area contributed by atoms with E-state index >= 15 is 0 Å². The topological polar surface area (TPSA) is 0 Å². The minimum absolute atomic E-state index is 0.813. The molecule has 0 spiro atoms. The van der Waals surface area contributed by atoms with Crippen LogP contribution in [0.2, 0.25) is 11.5 Å². The van der Waals surface area contributed by atoms with Gasteiger partial charge in [-0.2, -0.15) is 0 Å². The average Bonchev–Trinajstić information content (AvgIpc) is 2.08. The molecule has 0 atom stereocenters. The fourth-order valence-electron chi connectivity index (χ4n) is 0.813. The van der Waals surface area contributed by atoms with Crippen LogP contribution in [0.1, 0.15) is 6.42 Å². The van der Waals surface area contributed by atoms with Gasteiger partial charge in [-0.25, -0.2) is 0 Å². The third kappa shape index (κ3) is 1.68. The van der Waals surface area contributed by atoms with Crippen LogP contribution in [-0.2, 0) is 0 Å². The molecule has 0 aromatic carbocycles. The van der Waals surface area contributed by atoms with Crippen molar-refractivity contribution >= 4 is 13.7 Å². The van der Waals surface area contributed by atoms with E-state index in [1.165, 1.54) is 0 Å². The van der Waals surface area contributed by atoms with Gasteiger partial charge < -0.3 is 0 Å². The Morgan fingerprint density at radius 3 is 2.56 bits per heavy atom. The first-order chi connectivity index (χ1) is 4.11. The predicted octanol–water partition coefficient (Wildman–Crippen LogP) is 2.39. The molecular formula is C7H10FGe. The van der Waals surface area contributed by atoms with E-state index in [1.807, 2.05) is 12.2 Å². The Kier molecular flexibility index (Phi) is 1.80. The van der Waals surface area contributed by atoms with Crippen molar-refractivity contribution in [2.24, 2.45) is 0 Å². The quantitative estimate of drug-likeness (QED) is 0.551. The normalized spacial score (nSPS) is 18.3. The second kappa shape index (κ2) is 2.29. The zero-order valence-electron chi connectivity index (χ0n) is 5.74. The first kappa shape index (κ1) is 7.06. The molecule has 0 bridgehead atoms. The Labute approximate surface area is 58.3 Å². The molecule has 49 valence electrons. The SMILES string of the molecule is [CH3][Ge]([CH3])([F])[C]1=[C]CC=C1. The summed E-state index contributed by atoms with van der Waals surface area (Å²) in [6.45, 7) is 0. The monoisotopic (exact) mass is 187 g/mol. The molecule has 0 saturated carbocycles. The third-order valence-electron chi connectivity index (χ3n) is 1.34. The van der Waals surface area contributed by atoms with Crippen LogP contribution in [0.3, 0.4) is 0 Å². The molecule has 0 heterocycles. The minimum atomic E-state index is -2.96. The second-order valence-corrected chi connectivity index (χ2v) is 9.98. The van der Waals surface area contributed by atoms with Gasteiger partial charge >= 0.3 is 57.8 Å². The van der Waals surface area contributed by atoms with Gasteiger partial charge in [-0.1, -0.05) is 0 Å². The van der Waals surface area contributed by atoms with E-state index in [-0.39, 0.29) is 0 Å². The molecule has 0 aliphatic heterocycles. The average molecular weight is 186 g/mol. The second-order valence-electron chi connectivity index (χ2n) is 2.67. The molecule has 0 aromatic heterocycles. The van der Waals surface area contributed by atoms with E-state index in [0.29, 0.717) is 0 Å². The van der Waals surface area contributed by atoms with Crippen molar-refractivity contribution in [3.8, 4) is 0 Å².